The molecule has 0 fully saturated rings. The molecule has 24 heavy (non-hydrogen) atoms. The third-order valence-electron chi connectivity index (χ3n) is 3.68. The van der Waals surface area contributed by atoms with E-state index in [0.717, 1.165) is 18.2 Å². The highest BCUT2D eigenvalue weighted by atomic mass is 19.3. The maximum absolute atomic E-state index is 14.2. The summed E-state index contributed by atoms with van der Waals surface area (Å²) in [5.74, 6) is -1.37. The quantitative estimate of drug-likeness (QED) is 0.532. The Morgan fingerprint density at radius 3 is 2.12 bits per heavy atom. The lowest BCUT2D eigenvalue weighted by molar-refractivity contribution is 0.407. The van der Waals surface area contributed by atoms with Crippen molar-refractivity contribution in [3.63, 3.8) is 0 Å². The Hall–Kier alpha value is -2.82. The van der Waals surface area contributed by atoms with E-state index in [2.05, 4.69) is 0 Å². The lowest BCUT2D eigenvalue weighted by atomic mass is 9.99. The third kappa shape index (κ3) is 3.11. The van der Waals surface area contributed by atoms with E-state index in [1.807, 2.05) is 0 Å². The molecule has 0 saturated heterocycles. The molecular formula is C19H12F4O. The molecule has 3 rings (SSSR count). The smallest absolute Gasteiger partial charge is 0.270 e. The highest BCUT2D eigenvalue weighted by molar-refractivity contribution is 5.89. The molecule has 0 unspecified atom stereocenters. The van der Waals surface area contributed by atoms with Crippen LogP contribution in [0.2, 0.25) is 0 Å². The van der Waals surface area contributed by atoms with Crippen LogP contribution in [0.5, 0.6) is 5.75 Å². The van der Waals surface area contributed by atoms with E-state index in [4.69, 9.17) is 4.74 Å². The fourth-order valence-corrected chi connectivity index (χ4v) is 2.58. The first-order chi connectivity index (χ1) is 11.5. The Morgan fingerprint density at radius 1 is 0.875 bits per heavy atom. The van der Waals surface area contributed by atoms with Gasteiger partial charge in [0.15, 0.2) is 0 Å². The van der Waals surface area contributed by atoms with Crippen LogP contribution < -0.4 is 4.74 Å². The van der Waals surface area contributed by atoms with Crippen LogP contribution >= 0.6 is 0 Å². The van der Waals surface area contributed by atoms with Crippen molar-refractivity contribution >= 4 is 16.8 Å². The average Bonchev–Trinajstić information content (AvgIpc) is 2.53. The first kappa shape index (κ1) is 16.1. The van der Waals surface area contributed by atoms with Gasteiger partial charge in [-0.15, -0.1) is 0 Å². The summed E-state index contributed by atoms with van der Waals surface area (Å²) in [5, 5.41) is 1.39. The summed E-state index contributed by atoms with van der Waals surface area (Å²) in [4.78, 5) is 0. The van der Waals surface area contributed by atoms with Crippen LogP contribution in [0.4, 0.5) is 17.6 Å². The van der Waals surface area contributed by atoms with E-state index < -0.39 is 17.7 Å². The van der Waals surface area contributed by atoms with E-state index in [9.17, 15) is 17.6 Å². The molecule has 3 aromatic carbocycles. The van der Waals surface area contributed by atoms with Gasteiger partial charge in [-0.25, -0.2) is 8.78 Å². The lowest BCUT2D eigenvalue weighted by Crippen LogP contribution is -1.93. The molecule has 0 spiro atoms. The second-order valence-electron chi connectivity index (χ2n) is 5.22. The molecule has 122 valence electrons. The SMILES string of the molecule is COc1cc(F)c(-c2ccc3cc(C=C(F)F)ccc3c2)c(F)c1. The fraction of sp³-hybridized carbons (Fsp3) is 0.0526. The highest BCUT2D eigenvalue weighted by Crippen LogP contribution is 2.32. The zero-order valence-corrected chi connectivity index (χ0v) is 12.6. The summed E-state index contributed by atoms with van der Waals surface area (Å²) in [6.07, 6.45) is -1.02. The van der Waals surface area contributed by atoms with Crippen molar-refractivity contribution in [1.82, 2.24) is 0 Å². The number of benzene rings is 3. The molecule has 0 radical (unpaired) electrons. The molecule has 0 aromatic heterocycles. The Labute approximate surface area is 135 Å². The standard InChI is InChI=1S/C19H12F4O/c1-24-15-9-16(20)19(17(21)10-15)14-5-4-12-6-11(7-18(22)23)2-3-13(12)8-14/h2-10H,1H3. The van der Waals surface area contributed by atoms with Gasteiger partial charge in [0.25, 0.3) is 6.08 Å². The molecule has 5 heteroatoms. The van der Waals surface area contributed by atoms with Gasteiger partial charge in [0.1, 0.15) is 17.4 Å². The summed E-state index contributed by atoms with van der Waals surface area (Å²) in [5.41, 5.74) is 0.564. The van der Waals surface area contributed by atoms with Gasteiger partial charge >= 0.3 is 0 Å². The highest BCUT2D eigenvalue weighted by Gasteiger charge is 2.14. The van der Waals surface area contributed by atoms with Crippen LogP contribution in [0, 0.1) is 11.6 Å². The van der Waals surface area contributed by atoms with E-state index in [0.29, 0.717) is 21.9 Å². The minimum atomic E-state index is -1.78. The molecule has 0 aliphatic heterocycles. The molecule has 0 bridgehead atoms. The van der Waals surface area contributed by atoms with Crippen molar-refractivity contribution in [1.29, 1.82) is 0 Å². The van der Waals surface area contributed by atoms with Gasteiger partial charge in [-0.3, -0.25) is 0 Å². The Morgan fingerprint density at radius 2 is 1.50 bits per heavy atom. The largest absolute Gasteiger partial charge is 0.497 e. The summed E-state index contributed by atoms with van der Waals surface area (Å²) in [7, 11) is 1.33. The maximum Gasteiger partial charge on any atom is 0.270 e. The molecular weight excluding hydrogens is 320 g/mol. The molecule has 0 N–H and O–H groups in total. The predicted molar refractivity (Wildman–Crippen MR) is 86.0 cm³/mol. The molecule has 0 aliphatic carbocycles. The van der Waals surface area contributed by atoms with Crippen molar-refractivity contribution in [2.75, 3.05) is 7.11 Å². The lowest BCUT2D eigenvalue weighted by Gasteiger charge is -2.09. The second-order valence-corrected chi connectivity index (χ2v) is 5.22. The number of hydrogen-bond donors (Lipinski definition) is 0. The molecule has 0 amide bonds. The number of fused-ring (bicyclic) bond motifs is 1. The van der Waals surface area contributed by atoms with Crippen molar-refractivity contribution in [2.45, 2.75) is 0 Å². The number of ether oxygens (including phenoxy) is 1. The molecule has 3 aromatic rings. The van der Waals surface area contributed by atoms with Gasteiger partial charge in [-0.05, 0) is 34.0 Å². The van der Waals surface area contributed by atoms with E-state index in [1.165, 1.54) is 13.2 Å². The van der Waals surface area contributed by atoms with Gasteiger partial charge in [0.2, 0.25) is 0 Å². The van der Waals surface area contributed by atoms with Crippen LogP contribution in [0.25, 0.3) is 28.0 Å². The Balaban J connectivity index is 2.10. The summed E-state index contributed by atoms with van der Waals surface area (Å²) < 4.78 is 57.8. The van der Waals surface area contributed by atoms with Gasteiger partial charge in [-0.2, -0.15) is 8.78 Å². The van der Waals surface area contributed by atoms with E-state index in [-0.39, 0.29) is 11.3 Å². The maximum atomic E-state index is 14.2. The zero-order chi connectivity index (χ0) is 17.3. The molecule has 0 atom stereocenters. The van der Waals surface area contributed by atoms with Crippen LogP contribution in [0.15, 0.2) is 54.6 Å². The van der Waals surface area contributed by atoms with Crippen LogP contribution in [-0.2, 0) is 0 Å². The predicted octanol–water partition coefficient (Wildman–Crippen LogP) is 6.03. The summed E-state index contributed by atoms with van der Waals surface area (Å²) in [6, 6.07) is 11.8. The Kier molecular flexibility index (Phi) is 4.25. The first-order valence-electron chi connectivity index (χ1n) is 7.08. The van der Waals surface area contributed by atoms with Gasteiger partial charge in [-0.1, -0.05) is 24.3 Å². The minimum Gasteiger partial charge on any atom is -0.497 e. The average molecular weight is 332 g/mol. The van der Waals surface area contributed by atoms with Crippen molar-refractivity contribution in [2.24, 2.45) is 0 Å². The van der Waals surface area contributed by atoms with Crippen molar-refractivity contribution in [3.8, 4) is 16.9 Å². The third-order valence-corrected chi connectivity index (χ3v) is 3.68. The van der Waals surface area contributed by atoms with Gasteiger partial charge in [0, 0.05) is 18.2 Å². The number of halogens is 4. The monoisotopic (exact) mass is 332 g/mol. The van der Waals surface area contributed by atoms with Crippen LogP contribution in [-0.4, -0.2) is 7.11 Å². The van der Waals surface area contributed by atoms with Crippen LogP contribution in [0.3, 0.4) is 0 Å². The topological polar surface area (TPSA) is 9.23 Å². The van der Waals surface area contributed by atoms with Gasteiger partial charge in [0.05, 0.1) is 12.7 Å². The van der Waals surface area contributed by atoms with E-state index in [1.54, 1.807) is 30.3 Å². The first-order valence-corrected chi connectivity index (χ1v) is 7.08. The number of methoxy groups -OCH3 is 1. The van der Waals surface area contributed by atoms with Crippen LogP contribution in [0.1, 0.15) is 5.56 Å². The fourth-order valence-electron chi connectivity index (χ4n) is 2.58. The second kappa shape index (κ2) is 6.35. The molecule has 0 saturated carbocycles. The molecule has 1 nitrogen and oxygen atoms in total. The van der Waals surface area contributed by atoms with Gasteiger partial charge < -0.3 is 4.74 Å². The summed E-state index contributed by atoms with van der Waals surface area (Å²) in [6.45, 7) is 0. The Bertz CT molecular complexity index is 920. The normalized spacial score (nSPS) is 10.7. The minimum absolute atomic E-state index is 0.0965. The number of hydrogen-bond acceptors (Lipinski definition) is 1. The zero-order valence-electron chi connectivity index (χ0n) is 12.6. The van der Waals surface area contributed by atoms with E-state index >= 15 is 0 Å². The summed E-state index contributed by atoms with van der Waals surface area (Å²) >= 11 is 0. The molecule has 0 aliphatic rings. The molecule has 0 heterocycles. The number of rotatable bonds is 3. The van der Waals surface area contributed by atoms with Crippen molar-refractivity contribution in [3.05, 3.63) is 71.8 Å². The van der Waals surface area contributed by atoms with Crippen molar-refractivity contribution < 1.29 is 22.3 Å².